The van der Waals surface area contributed by atoms with Crippen LogP contribution in [0.25, 0.3) is 0 Å². The van der Waals surface area contributed by atoms with Crippen molar-refractivity contribution < 1.29 is 0 Å². The van der Waals surface area contributed by atoms with Gasteiger partial charge in [-0.2, -0.15) is 0 Å². The van der Waals surface area contributed by atoms with Crippen LogP contribution < -0.4 is 5.32 Å². The molecule has 3 rings (SSSR count). The Bertz CT molecular complexity index is 531. The Balaban J connectivity index is 2.07. The molecule has 0 radical (unpaired) electrons. The van der Waals surface area contributed by atoms with E-state index in [2.05, 4.69) is 44.8 Å². The van der Waals surface area contributed by atoms with Gasteiger partial charge in [0.1, 0.15) is 0 Å². The topological polar surface area (TPSA) is 15.3 Å². The van der Waals surface area contributed by atoms with Crippen molar-refractivity contribution >= 4 is 0 Å². The summed E-state index contributed by atoms with van der Waals surface area (Å²) in [4.78, 5) is 2.80. The lowest BCUT2D eigenvalue weighted by molar-refractivity contribution is 0.102. The molecule has 0 amide bonds. The van der Waals surface area contributed by atoms with Crippen LogP contribution in [0.1, 0.15) is 71.5 Å². The molecule has 1 heterocycles. The number of hydrogen-bond acceptors (Lipinski definition) is 2. The average molecular weight is 329 g/mol. The summed E-state index contributed by atoms with van der Waals surface area (Å²) >= 11 is 0. The summed E-state index contributed by atoms with van der Waals surface area (Å²) in [5.41, 5.74) is 9.32. The fourth-order valence-corrected chi connectivity index (χ4v) is 5.10. The van der Waals surface area contributed by atoms with Crippen molar-refractivity contribution in [2.24, 2.45) is 5.92 Å². The molecule has 1 saturated carbocycles. The molecule has 1 aromatic rings. The fourth-order valence-electron chi connectivity index (χ4n) is 5.10. The summed E-state index contributed by atoms with van der Waals surface area (Å²) < 4.78 is 0. The van der Waals surface area contributed by atoms with E-state index in [9.17, 15) is 0 Å². The molecular formula is C22H36N2. The minimum Gasteiger partial charge on any atom is -0.314 e. The molecule has 2 aliphatic rings. The largest absolute Gasteiger partial charge is 0.314 e. The van der Waals surface area contributed by atoms with Crippen LogP contribution in [0.2, 0.25) is 0 Å². The van der Waals surface area contributed by atoms with Gasteiger partial charge in [0, 0.05) is 32.2 Å². The van der Waals surface area contributed by atoms with Crippen LogP contribution in [-0.4, -0.2) is 31.1 Å². The first kappa shape index (κ1) is 17.9. The molecule has 0 spiro atoms. The Labute approximate surface area is 149 Å². The smallest absolute Gasteiger partial charge is 0.0382 e. The molecule has 0 bridgehead atoms. The molecule has 1 N–H and O–H groups in total. The Morgan fingerprint density at radius 2 is 1.25 bits per heavy atom. The van der Waals surface area contributed by atoms with Gasteiger partial charge in [-0.25, -0.2) is 0 Å². The Kier molecular flexibility index (Phi) is 5.66. The Morgan fingerprint density at radius 3 is 1.79 bits per heavy atom. The average Bonchev–Trinajstić information content (AvgIpc) is 2.63. The number of rotatable bonds is 3. The molecule has 0 aromatic heterocycles. The SMILES string of the molecule is Cc1c(C)c(C)c([C@@H](C2CCCCC2)N2CCNCC2)c(C)c1C. The van der Waals surface area contributed by atoms with Crippen molar-refractivity contribution in [3.8, 4) is 0 Å². The van der Waals surface area contributed by atoms with E-state index < -0.39 is 0 Å². The molecule has 0 unspecified atom stereocenters. The molecule has 2 heteroatoms. The van der Waals surface area contributed by atoms with Gasteiger partial charge in [-0.05, 0) is 86.8 Å². The summed E-state index contributed by atoms with van der Waals surface area (Å²) in [6.45, 7) is 16.4. The normalized spacial score (nSPS) is 21.9. The Morgan fingerprint density at radius 1 is 0.750 bits per heavy atom. The number of nitrogens with zero attached hydrogens (tertiary/aromatic N) is 1. The lowest BCUT2D eigenvalue weighted by atomic mass is 9.76. The number of piperazine rings is 1. The van der Waals surface area contributed by atoms with Gasteiger partial charge in [-0.3, -0.25) is 4.90 Å². The van der Waals surface area contributed by atoms with Crippen molar-refractivity contribution in [3.63, 3.8) is 0 Å². The van der Waals surface area contributed by atoms with Crippen LogP contribution in [0.4, 0.5) is 0 Å². The van der Waals surface area contributed by atoms with E-state index in [0.29, 0.717) is 6.04 Å². The Hall–Kier alpha value is -0.860. The van der Waals surface area contributed by atoms with E-state index in [1.54, 1.807) is 16.7 Å². The summed E-state index contributed by atoms with van der Waals surface area (Å²) in [5.74, 6) is 0.843. The van der Waals surface area contributed by atoms with E-state index in [0.717, 1.165) is 19.0 Å². The molecule has 134 valence electrons. The third-order valence-electron chi connectivity index (χ3n) is 7.00. The second-order valence-electron chi connectivity index (χ2n) is 8.17. The van der Waals surface area contributed by atoms with Crippen LogP contribution in [0, 0.1) is 40.5 Å². The van der Waals surface area contributed by atoms with Gasteiger partial charge < -0.3 is 5.32 Å². The molecule has 1 atom stereocenters. The van der Waals surface area contributed by atoms with Gasteiger partial charge in [0.25, 0.3) is 0 Å². The highest BCUT2D eigenvalue weighted by Gasteiger charge is 2.33. The fraction of sp³-hybridized carbons (Fsp3) is 0.727. The van der Waals surface area contributed by atoms with Gasteiger partial charge in [0.15, 0.2) is 0 Å². The predicted octanol–water partition coefficient (Wildman–Crippen LogP) is 4.76. The van der Waals surface area contributed by atoms with Gasteiger partial charge in [0.05, 0.1) is 0 Å². The molecule has 2 nitrogen and oxygen atoms in total. The molecule has 1 aliphatic heterocycles. The van der Waals surface area contributed by atoms with Crippen LogP contribution in [-0.2, 0) is 0 Å². The first-order valence-electron chi connectivity index (χ1n) is 10.0. The zero-order valence-corrected chi connectivity index (χ0v) is 16.5. The zero-order valence-electron chi connectivity index (χ0n) is 16.5. The maximum atomic E-state index is 3.54. The van der Waals surface area contributed by atoms with Crippen molar-refractivity contribution in [2.75, 3.05) is 26.2 Å². The van der Waals surface area contributed by atoms with Crippen molar-refractivity contribution in [1.82, 2.24) is 10.2 Å². The molecule has 2 fully saturated rings. The third-order valence-corrected chi connectivity index (χ3v) is 7.00. The molecule has 1 aromatic carbocycles. The summed E-state index contributed by atoms with van der Waals surface area (Å²) in [6, 6.07) is 0.630. The van der Waals surface area contributed by atoms with E-state index >= 15 is 0 Å². The van der Waals surface area contributed by atoms with Gasteiger partial charge >= 0.3 is 0 Å². The maximum absolute atomic E-state index is 3.54. The van der Waals surface area contributed by atoms with Crippen molar-refractivity contribution in [2.45, 2.75) is 72.8 Å². The van der Waals surface area contributed by atoms with Crippen molar-refractivity contribution in [1.29, 1.82) is 0 Å². The van der Waals surface area contributed by atoms with E-state index in [1.165, 1.54) is 61.9 Å². The van der Waals surface area contributed by atoms with Gasteiger partial charge in [-0.1, -0.05) is 19.3 Å². The summed E-state index contributed by atoms with van der Waals surface area (Å²) in [6.07, 6.45) is 7.12. The zero-order chi connectivity index (χ0) is 17.3. The van der Waals surface area contributed by atoms with Crippen LogP contribution >= 0.6 is 0 Å². The molecule has 1 aliphatic carbocycles. The van der Waals surface area contributed by atoms with Gasteiger partial charge in [-0.15, -0.1) is 0 Å². The predicted molar refractivity (Wildman–Crippen MR) is 104 cm³/mol. The molecular weight excluding hydrogens is 292 g/mol. The van der Waals surface area contributed by atoms with Gasteiger partial charge in [0.2, 0.25) is 0 Å². The van der Waals surface area contributed by atoms with Crippen LogP contribution in [0.5, 0.6) is 0 Å². The lowest BCUT2D eigenvalue weighted by Crippen LogP contribution is -2.47. The number of nitrogens with one attached hydrogen (secondary N) is 1. The first-order chi connectivity index (χ1) is 11.5. The highest BCUT2D eigenvalue weighted by Crippen LogP contribution is 2.42. The van der Waals surface area contributed by atoms with Crippen molar-refractivity contribution in [3.05, 3.63) is 33.4 Å². The monoisotopic (exact) mass is 328 g/mol. The quantitative estimate of drug-likeness (QED) is 0.861. The highest BCUT2D eigenvalue weighted by atomic mass is 15.2. The van der Waals surface area contributed by atoms with Crippen LogP contribution in [0.3, 0.4) is 0 Å². The second-order valence-corrected chi connectivity index (χ2v) is 8.17. The van der Waals surface area contributed by atoms with E-state index in [1.807, 2.05) is 0 Å². The number of benzene rings is 1. The maximum Gasteiger partial charge on any atom is 0.0382 e. The molecule has 24 heavy (non-hydrogen) atoms. The minimum atomic E-state index is 0.630. The lowest BCUT2D eigenvalue weighted by Gasteiger charge is -2.43. The summed E-state index contributed by atoms with van der Waals surface area (Å²) in [7, 11) is 0. The van der Waals surface area contributed by atoms with Crippen LogP contribution in [0.15, 0.2) is 0 Å². The first-order valence-corrected chi connectivity index (χ1v) is 10.0. The summed E-state index contributed by atoms with van der Waals surface area (Å²) in [5, 5.41) is 3.54. The highest BCUT2D eigenvalue weighted by molar-refractivity contribution is 5.51. The second kappa shape index (κ2) is 7.58. The standard InChI is InChI=1S/C22H36N2/c1-15-16(2)18(4)21(19(5)17(15)3)22(20-9-7-6-8-10-20)24-13-11-23-12-14-24/h20,22-23H,6-14H2,1-5H3/t22-/m1/s1. The molecule has 1 saturated heterocycles. The van der Waals surface area contributed by atoms with E-state index in [4.69, 9.17) is 0 Å². The third kappa shape index (κ3) is 3.28. The number of hydrogen-bond donors (Lipinski definition) is 1. The van der Waals surface area contributed by atoms with E-state index in [-0.39, 0.29) is 0 Å². The minimum absolute atomic E-state index is 0.630.